The number of amides is 2. The Balaban J connectivity index is 2.64. The highest BCUT2D eigenvalue weighted by Crippen LogP contribution is 2.01. The maximum Gasteiger partial charge on any atom is 0.272 e. The average Bonchev–Trinajstić information content (AvgIpc) is 2.26. The lowest BCUT2D eigenvalue weighted by atomic mass is 10.3. The van der Waals surface area contributed by atoms with E-state index in [1.54, 1.807) is 0 Å². The lowest BCUT2D eigenvalue weighted by Gasteiger charge is -2.17. The number of carbonyl (C=O) groups excluding carboxylic acids is 2. The lowest BCUT2D eigenvalue weighted by Crippen LogP contribution is -2.41. The lowest BCUT2D eigenvalue weighted by molar-refractivity contribution is -0.122. The van der Waals surface area contributed by atoms with Gasteiger partial charge in [-0.1, -0.05) is 6.07 Å². The van der Waals surface area contributed by atoms with Crippen LogP contribution in [0.3, 0.4) is 0 Å². The number of halogens is 1. The highest BCUT2D eigenvalue weighted by Gasteiger charge is 2.16. The predicted octanol–water partition coefficient (Wildman–Crippen LogP) is 0.817. The van der Waals surface area contributed by atoms with Crippen LogP contribution in [0.25, 0.3) is 0 Å². The van der Waals surface area contributed by atoms with Crippen LogP contribution in [-0.2, 0) is 4.79 Å². The number of likely N-dealkylation sites (N-methyl/N-ethyl adjacent to an activating group) is 1. The van der Waals surface area contributed by atoms with E-state index in [0.717, 1.165) is 6.07 Å². The summed E-state index contributed by atoms with van der Waals surface area (Å²) < 4.78 is 12.9. The molecule has 1 aromatic rings. The van der Waals surface area contributed by atoms with Crippen LogP contribution < -0.4 is 5.32 Å². The van der Waals surface area contributed by atoms with Crippen molar-refractivity contribution in [2.24, 2.45) is 0 Å². The standard InChI is InChI=1S/C12H16FN3O2/c1-8(2)14-11(17)7-16(3)12(18)9-5-4-6-10(13)15-9/h4-6,8H,7H2,1-3H3,(H,14,17). The molecule has 0 radical (unpaired) electrons. The van der Waals surface area contributed by atoms with Gasteiger partial charge in [-0.05, 0) is 26.0 Å². The summed E-state index contributed by atoms with van der Waals surface area (Å²) in [6.07, 6.45) is 0. The molecule has 0 saturated carbocycles. The van der Waals surface area contributed by atoms with Gasteiger partial charge in [-0.25, -0.2) is 4.98 Å². The number of pyridine rings is 1. The third kappa shape index (κ3) is 4.12. The quantitative estimate of drug-likeness (QED) is 0.808. The van der Waals surface area contributed by atoms with Crippen LogP contribution in [0.1, 0.15) is 24.3 Å². The molecular weight excluding hydrogens is 237 g/mol. The van der Waals surface area contributed by atoms with E-state index in [9.17, 15) is 14.0 Å². The zero-order chi connectivity index (χ0) is 13.7. The molecule has 5 nitrogen and oxygen atoms in total. The van der Waals surface area contributed by atoms with Gasteiger partial charge in [0, 0.05) is 13.1 Å². The zero-order valence-electron chi connectivity index (χ0n) is 10.6. The van der Waals surface area contributed by atoms with Crippen LogP contribution in [0.15, 0.2) is 18.2 Å². The van der Waals surface area contributed by atoms with Gasteiger partial charge < -0.3 is 10.2 Å². The number of nitrogens with zero attached hydrogens (tertiary/aromatic N) is 2. The van der Waals surface area contributed by atoms with Gasteiger partial charge in [0.05, 0.1) is 6.54 Å². The molecule has 1 N–H and O–H groups in total. The van der Waals surface area contributed by atoms with Gasteiger partial charge in [0.1, 0.15) is 5.69 Å². The van der Waals surface area contributed by atoms with Crippen molar-refractivity contribution in [1.82, 2.24) is 15.2 Å². The molecule has 1 heterocycles. The van der Waals surface area contributed by atoms with Crippen molar-refractivity contribution in [2.45, 2.75) is 19.9 Å². The number of carbonyl (C=O) groups is 2. The fourth-order valence-corrected chi connectivity index (χ4v) is 1.38. The van der Waals surface area contributed by atoms with Crippen LogP contribution in [0.4, 0.5) is 4.39 Å². The molecule has 0 aromatic carbocycles. The van der Waals surface area contributed by atoms with Crippen LogP contribution in [0, 0.1) is 5.95 Å². The van der Waals surface area contributed by atoms with Gasteiger partial charge in [0.25, 0.3) is 5.91 Å². The highest BCUT2D eigenvalue weighted by molar-refractivity contribution is 5.94. The number of nitrogens with one attached hydrogen (secondary N) is 1. The molecule has 98 valence electrons. The van der Waals surface area contributed by atoms with Gasteiger partial charge in [0.15, 0.2) is 0 Å². The summed E-state index contributed by atoms with van der Waals surface area (Å²) in [5.41, 5.74) is -0.0187. The van der Waals surface area contributed by atoms with Gasteiger partial charge in [-0.2, -0.15) is 4.39 Å². The molecule has 1 aromatic heterocycles. The Morgan fingerprint density at radius 2 is 2.11 bits per heavy atom. The summed E-state index contributed by atoms with van der Waals surface area (Å²) in [6.45, 7) is 3.57. The molecule has 0 unspecified atom stereocenters. The first-order valence-electron chi connectivity index (χ1n) is 5.57. The minimum absolute atomic E-state index is 0.00768. The fourth-order valence-electron chi connectivity index (χ4n) is 1.38. The molecule has 0 bridgehead atoms. The maximum atomic E-state index is 12.9. The SMILES string of the molecule is CC(C)NC(=O)CN(C)C(=O)c1cccc(F)n1. The minimum Gasteiger partial charge on any atom is -0.352 e. The predicted molar refractivity (Wildman–Crippen MR) is 64.4 cm³/mol. The average molecular weight is 253 g/mol. The molecule has 0 atom stereocenters. The van der Waals surface area contributed by atoms with Crippen molar-refractivity contribution >= 4 is 11.8 Å². The van der Waals surface area contributed by atoms with E-state index < -0.39 is 11.9 Å². The van der Waals surface area contributed by atoms with Gasteiger partial charge in [-0.3, -0.25) is 9.59 Å². The Hall–Kier alpha value is -1.98. The molecule has 6 heteroatoms. The summed E-state index contributed by atoms with van der Waals surface area (Å²) in [5, 5.41) is 2.66. The van der Waals surface area contributed by atoms with E-state index >= 15 is 0 Å². The molecule has 0 aliphatic rings. The van der Waals surface area contributed by atoms with E-state index in [0.29, 0.717) is 0 Å². The highest BCUT2D eigenvalue weighted by atomic mass is 19.1. The number of hydrogen-bond donors (Lipinski definition) is 1. The molecule has 0 aliphatic carbocycles. The van der Waals surface area contributed by atoms with Gasteiger partial charge in [0.2, 0.25) is 11.9 Å². The molecule has 0 saturated heterocycles. The van der Waals surface area contributed by atoms with E-state index in [1.807, 2.05) is 13.8 Å². The summed E-state index contributed by atoms with van der Waals surface area (Å²) in [7, 11) is 1.47. The Morgan fingerprint density at radius 1 is 1.44 bits per heavy atom. The Kier molecular flexibility index (Phi) is 4.76. The van der Waals surface area contributed by atoms with Crippen molar-refractivity contribution in [1.29, 1.82) is 0 Å². The summed E-state index contributed by atoms with van der Waals surface area (Å²) in [6, 6.07) is 3.97. The summed E-state index contributed by atoms with van der Waals surface area (Å²) in [5.74, 6) is -1.48. The van der Waals surface area contributed by atoms with Gasteiger partial charge in [-0.15, -0.1) is 0 Å². The Morgan fingerprint density at radius 3 is 2.67 bits per heavy atom. The Labute approximate surface area is 105 Å². The van der Waals surface area contributed by atoms with E-state index in [1.165, 1.54) is 24.1 Å². The Bertz CT molecular complexity index is 449. The molecule has 0 spiro atoms. The summed E-state index contributed by atoms with van der Waals surface area (Å²) in [4.78, 5) is 28.0. The molecular formula is C12H16FN3O2. The smallest absolute Gasteiger partial charge is 0.272 e. The summed E-state index contributed by atoms with van der Waals surface area (Å²) >= 11 is 0. The van der Waals surface area contributed by atoms with Crippen molar-refractivity contribution in [3.63, 3.8) is 0 Å². The molecule has 18 heavy (non-hydrogen) atoms. The normalized spacial score (nSPS) is 10.3. The van der Waals surface area contributed by atoms with E-state index in [-0.39, 0.29) is 24.2 Å². The van der Waals surface area contributed by atoms with Crippen molar-refractivity contribution < 1.29 is 14.0 Å². The minimum atomic E-state index is -0.721. The third-order valence-electron chi connectivity index (χ3n) is 2.11. The third-order valence-corrected chi connectivity index (χ3v) is 2.11. The second-order valence-electron chi connectivity index (χ2n) is 4.23. The molecule has 0 aliphatic heterocycles. The largest absolute Gasteiger partial charge is 0.352 e. The number of rotatable bonds is 4. The first-order valence-corrected chi connectivity index (χ1v) is 5.57. The van der Waals surface area contributed by atoms with Crippen LogP contribution in [-0.4, -0.2) is 41.3 Å². The van der Waals surface area contributed by atoms with E-state index in [2.05, 4.69) is 10.3 Å². The van der Waals surface area contributed by atoms with Crippen LogP contribution >= 0.6 is 0 Å². The topological polar surface area (TPSA) is 62.3 Å². The monoisotopic (exact) mass is 253 g/mol. The fraction of sp³-hybridized carbons (Fsp3) is 0.417. The van der Waals surface area contributed by atoms with Crippen molar-refractivity contribution in [3.05, 3.63) is 29.8 Å². The van der Waals surface area contributed by atoms with E-state index in [4.69, 9.17) is 0 Å². The number of hydrogen-bond acceptors (Lipinski definition) is 3. The zero-order valence-corrected chi connectivity index (χ0v) is 10.6. The van der Waals surface area contributed by atoms with Crippen molar-refractivity contribution in [3.8, 4) is 0 Å². The van der Waals surface area contributed by atoms with Crippen molar-refractivity contribution in [2.75, 3.05) is 13.6 Å². The molecule has 2 amide bonds. The number of aromatic nitrogens is 1. The first-order chi connectivity index (χ1) is 8.40. The van der Waals surface area contributed by atoms with Crippen LogP contribution in [0.2, 0.25) is 0 Å². The molecule has 1 rings (SSSR count). The second-order valence-corrected chi connectivity index (χ2v) is 4.23. The van der Waals surface area contributed by atoms with Crippen LogP contribution in [0.5, 0.6) is 0 Å². The second kappa shape index (κ2) is 6.09. The molecule has 0 fully saturated rings. The van der Waals surface area contributed by atoms with Gasteiger partial charge >= 0.3 is 0 Å². The maximum absolute atomic E-state index is 12.9. The first kappa shape index (κ1) is 14.1.